The first kappa shape index (κ1) is 9.25. The van der Waals surface area contributed by atoms with Gasteiger partial charge in [0.2, 0.25) is 0 Å². The van der Waals surface area contributed by atoms with Crippen molar-refractivity contribution in [2.75, 3.05) is 7.11 Å². The summed E-state index contributed by atoms with van der Waals surface area (Å²) in [5, 5.41) is 3.97. The van der Waals surface area contributed by atoms with Crippen LogP contribution < -0.4 is 0 Å². The molecule has 0 fully saturated rings. The maximum absolute atomic E-state index is 10.9. The van der Waals surface area contributed by atoms with E-state index >= 15 is 0 Å². The number of hydrogen-bond acceptors (Lipinski definition) is 3. The minimum absolute atomic E-state index is 0.255. The summed E-state index contributed by atoms with van der Waals surface area (Å²) in [7, 11) is 3.16. The van der Waals surface area contributed by atoms with Gasteiger partial charge in [-0.1, -0.05) is 0 Å². The summed E-state index contributed by atoms with van der Waals surface area (Å²) in [5.41, 5.74) is 0.837. The van der Waals surface area contributed by atoms with E-state index in [1.807, 2.05) is 0 Å². The topological polar surface area (TPSA) is 44.1 Å². The Morgan fingerprint density at radius 2 is 2.50 bits per heavy atom. The minimum Gasteiger partial charge on any atom is -0.469 e. The molecule has 5 heteroatoms. The van der Waals surface area contributed by atoms with Crippen LogP contribution in [0.1, 0.15) is 5.56 Å². The number of aromatic nitrogens is 2. The predicted molar refractivity (Wildman–Crippen MR) is 46.6 cm³/mol. The highest BCUT2D eigenvalue weighted by atomic mass is 79.9. The Bertz CT molecular complexity index is 296. The van der Waals surface area contributed by atoms with Crippen LogP contribution in [-0.4, -0.2) is 22.9 Å². The van der Waals surface area contributed by atoms with Gasteiger partial charge in [-0.15, -0.1) is 0 Å². The zero-order valence-electron chi connectivity index (χ0n) is 6.87. The van der Waals surface area contributed by atoms with Crippen molar-refractivity contribution in [2.24, 2.45) is 7.05 Å². The number of carbonyl (C=O) groups is 1. The average molecular weight is 233 g/mol. The Morgan fingerprint density at radius 3 is 2.92 bits per heavy atom. The third-order valence-electron chi connectivity index (χ3n) is 1.50. The normalized spacial score (nSPS) is 9.92. The van der Waals surface area contributed by atoms with Gasteiger partial charge in [-0.05, 0) is 15.9 Å². The summed E-state index contributed by atoms with van der Waals surface area (Å²) < 4.78 is 6.99. The molecule has 0 atom stereocenters. The molecule has 0 aliphatic carbocycles. The van der Waals surface area contributed by atoms with Gasteiger partial charge in [-0.3, -0.25) is 9.48 Å². The quantitative estimate of drug-likeness (QED) is 0.712. The summed E-state index contributed by atoms with van der Waals surface area (Å²) in [4.78, 5) is 10.9. The molecule has 0 spiro atoms. The molecule has 0 aliphatic heterocycles. The van der Waals surface area contributed by atoms with Crippen molar-refractivity contribution in [2.45, 2.75) is 6.42 Å². The second-order valence-electron chi connectivity index (χ2n) is 2.34. The molecule has 1 aromatic rings. The summed E-state index contributed by atoms with van der Waals surface area (Å²) in [5.74, 6) is -0.260. The van der Waals surface area contributed by atoms with Crippen LogP contribution in [0.25, 0.3) is 0 Å². The van der Waals surface area contributed by atoms with Gasteiger partial charge in [0.1, 0.15) is 4.60 Å². The molecule has 12 heavy (non-hydrogen) atoms. The number of nitrogens with zero attached hydrogens (tertiary/aromatic N) is 2. The number of hydrogen-bond donors (Lipinski definition) is 0. The van der Waals surface area contributed by atoms with Gasteiger partial charge in [0.05, 0.1) is 19.7 Å². The lowest BCUT2D eigenvalue weighted by atomic mass is 10.3. The average Bonchev–Trinajstić information content (AvgIpc) is 2.36. The lowest BCUT2D eigenvalue weighted by Crippen LogP contribution is -2.04. The van der Waals surface area contributed by atoms with Crippen LogP contribution in [0.15, 0.2) is 10.8 Å². The lowest BCUT2D eigenvalue weighted by molar-refractivity contribution is -0.139. The highest BCUT2D eigenvalue weighted by molar-refractivity contribution is 9.10. The van der Waals surface area contributed by atoms with Crippen molar-refractivity contribution in [1.82, 2.24) is 9.78 Å². The van der Waals surface area contributed by atoms with Crippen LogP contribution in [0.3, 0.4) is 0 Å². The maximum Gasteiger partial charge on any atom is 0.310 e. The molecule has 4 nitrogen and oxygen atoms in total. The monoisotopic (exact) mass is 232 g/mol. The fraction of sp³-hybridized carbons (Fsp3) is 0.429. The van der Waals surface area contributed by atoms with Crippen LogP contribution in [0.4, 0.5) is 0 Å². The molecule has 0 radical (unpaired) electrons. The minimum atomic E-state index is -0.260. The van der Waals surface area contributed by atoms with Crippen LogP contribution in [0.2, 0.25) is 0 Å². The largest absolute Gasteiger partial charge is 0.469 e. The Labute approximate surface area is 78.6 Å². The van der Waals surface area contributed by atoms with Crippen molar-refractivity contribution in [3.05, 3.63) is 16.4 Å². The van der Waals surface area contributed by atoms with E-state index in [9.17, 15) is 4.79 Å². The van der Waals surface area contributed by atoms with Crippen molar-refractivity contribution in [3.8, 4) is 0 Å². The molecule has 0 N–H and O–H groups in total. The van der Waals surface area contributed by atoms with Crippen LogP contribution >= 0.6 is 15.9 Å². The summed E-state index contributed by atoms with van der Waals surface area (Å²) >= 11 is 3.30. The Morgan fingerprint density at radius 1 is 1.83 bits per heavy atom. The number of esters is 1. The first-order chi connectivity index (χ1) is 5.65. The Balaban J connectivity index is 2.76. The molecule has 0 saturated carbocycles. The van der Waals surface area contributed by atoms with Crippen molar-refractivity contribution >= 4 is 21.9 Å². The van der Waals surface area contributed by atoms with Crippen molar-refractivity contribution < 1.29 is 9.53 Å². The fourth-order valence-corrected chi connectivity index (χ4v) is 1.15. The highest BCUT2D eigenvalue weighted by Crippen LogP contribution is 2.15. The molecule has 0 saturated heterocycles. The van der Waals surface area contributed by atoms with E-state index in [2.05, 4.69) is 25.8 Å². The maximum atomic E-state index is 10.9. The molecular weight excluding hydrogens is 224 g/mol. The molecule has 1 heterocycles. The van der Waals surface area contributed by atoms with E-state index in [1.165, 1.54) is 7.11 Å². The smallest absolute Gasteiger partial charge is 0.310 e. The zero-order valence-corrected chi connectivity index (χ0v) is 8.46. The number of carbonyl (C=O) groups excluding carboxylic acids is 1. The van der Waals surface area contributed by atoms with Gasteiger partial charge in [0.15, 0.2) is 0 Å². The van der Waals surface area contributed by atoms with E-state index in [0.29, 0.717) is 0 Å². The molecular formula is C7H9BrN2O2. The summed E-state index contributed by atoms with van der Waals surface area (Å²) in [6, 6.07) is 0. The van der Waals surface area contributed by atoms with Gasteiger partial charge in [-0.2, -0.15) is 5.10 Å². The van der Waals surface area contributed by atoms with E-state index in [0.717, 1.165) is 10.2 Å². The third-order valence-corrected chi connectivity index (χ3v) is 2.52. The molecule has 0 aromatic carbocycles. The van der Waals surface area contributed by atoms with Crippen LogP contribution in [0, 0.1) is 0 Å². The number of rotatable bonds is 2. The van der Waals surface area contributed by atoms with Gasteiger partial charge >= 0.3 is 5.97 Å². The third kappa shape index (κ3) is 1.85. The molecule has 1 aromatic heterocycles. The van der Waals surface area contributed by atoms with E-state index in [-0.39, 0.29) is 12.4 Å². The van der Waals surface area contributed by atoms with E-state index < -0.39 is 0 Å². The van der Waals surface area contributed by atoms with Gasteiger partial charge in [0, 0.05) is 12.6 Å². The number of aryl methyl sites for hydroxylation is 1. The standard InChI is InChI=1S/C7H9BrN2O2/c1-10-7(8)5(4-9-10)3-6(11)12-2/h4H,3H2,1-2H3. The summed E-state index contributed by atoms with van der Waals surface area (Å²) in [6.45, 7) is 0. The van der Waals surface area contributed by atoms with E-state index in [1.54, 1.807) is 17.9 Å². The molecule has 0 bridgehead atoms. The zero-order chi connectivity index (χ0) is 9.14. The SMILES string of the molecule is COC(=O)Cc1cnn(C)c1Br. The highest BCUT2D eigenvalue weighted by Gasteiger charge is 2.09. The van der Waals surface area contributed by atoms with E-state index in [4.69, 9.17) is 0 Å². The second-order valence-corrected chi connectivity index (χ2v) is 3.09. The molecule has 0 aliphatic rings. The Hall–Kier alpha value is -0.840. The fourth-order valence-electron chi connectivity index (χ4n) is 0.814. The van der Waals surface area contributed by atoms with Crippen molar-refractivity contribution in [1.29, 1.82) is 0 Å². The number of methoxy groups -OCH3 is 1. The van der Waals surface area contributed by atoms with Gasteiger partial charge < -0.3 is 4.74 Å². The number of ether oxygens (including phenoxy) is 1. The van der Waals surface area contributed by atoms with Crippen LogP contribution in [-0.2, 0) is 23.0 Å². The predicted octanol–water partition coefficient (Wildman–Crippen LogP) is 0.898. The van der Waals surface area contributed by atoms with Crippen LogP contribution in [0.5, 0.6) is 0 Å². The van der Waals surface area contributed by atoms with Gasteiger partial charge in [0.25, 0.3) is 0 Å². The van der Waals surface area contributed by atoms with Crippen molar-refractivity contribution in [3.63, 3.8) is 0 Å². The molecule has 66 valence electrons. The molecule has 0 amide bonds. The first-order valence-electron chi connectivity index (χ1n) is 3.38. The van der Waals surface area contributed by atoms with Gasteiger partial charge in [-0.25, -0.2) is 0 Å². The second kappa shape index (κ2) is 3.71. The Kier molecular flexibility index (Phi) is 2.86. The molecule has 0 unspecified atom stereocenters. The summed E-state index contributed by atoms with van der Waals surface area (Å²) in [6.07, 6.45) is 1.89. The lowest BCUT2D eigenvalue weighted by Gasteiger charge is -1.97. The molecule has 1 rings (SSSR count). The first-order valence-corrected chi connectivity index (χ1v) is 4.17. The number of halogens is 1.